The van der Waals surface area contributed by atoms with Crippen molar-refractivity contribution in [2.45, 2.75) is 24.9 Å². The summed E-state index contributed by atoms with van der Waals surface area (Å²) in [6.07, 6.45) is 0.494. The lowest BCUT2D eigenvalue weighted by Crippen LogP contribution is -2.31. The number of carbonyl (C=O) groups is 1. The molecule has 0 unspecified atom stereocenters. The number of hydrogen-bond donors (Lipinski definition) is 1. The summed E-state index contributed by atoms with van der Waals surface area (Å²) in [4.78, 5) is 13.6. The van der Waals surface area contributed by atoms with Crippen molar-refractivity contribution in [3.05, 3.63) is 23.7 Å². The molecule has 4 nitrogen and oxygen atoms in total. The molecule has 1 amide bonds. The molecule has 0 radical (unpaired) electrons. The third-order valence-corrected chi connectivity index (χ3v) is 3.18. The number of aliphatic hydroxyl groups excluding tert-OH is 1. The van der Waals surface area contributed by atoms with Gasteiger partial charge < -0.3 is 14.4 Å². The van der Waals surface area contributed by atoms with E-state index in [2.05, 4.69) is 0 Å². The molecule has 1 N–H and O–H groups in total. The highest BCUT2D eigenvalue weighted by molar-refractivity contribution is 7.98. The highest BCUT2D eigenvalue weighted by atomic mass is 32.2. The molecule has 1 aromatic heterocycles. The predicted molar refractivity (Wildman–Crippen MR) is 69.3 cm³/mol. The van der Waals surface area contributed by atoms with E-state index < -0.39 is 5.76 Å². The Morgan fingerprint density at radius 1 is 1.53 bits per heavy atom. The smallest absolute Gasteiger partial charge is 0.289 e. The molecule has 7 heteroatoms. The quantitative estimate of drug-likeness (QED) is 0.800. The van der Waals surface area contributed by atoms with Crippen molar-refractivity contribution >= 4 is 17.7 Å². The zero-order valence-corrected chi connectivity index (χ0v) is 11.5. The maximum Gasteiger partial charge on any atom is 0.289 e. The minimum atomic E-state index is -2.46. The van der Waals surface area contributed by atoms with Gasteiger partial charge in [-0.15, -0.1) is 0 Å². The van der Waals surface area contributed by atoms with Gasteiger partial charge in [-0.1, -0.05) is 11.8 Å². The Labute approximate surface area is 114 Å². The van der Waals surface area contributed by atoms with E-state index in [0.717, 1.165) is 0 Å². The number of furan rings is 1. The van der Waals surface area contributed by atoms with Gasteiger partial charge >= 0.3 is 0 Å². The lowest BCUT2D eigenvalue weighted by molar-refractivity contribution is 0.0721. The second-order valence-corrected chi connectivity index (χ2v) is 4.78. The van der Waals surface area contributed by atoms with E-state index in [-0.39, 0.29) is 24.0 Å². The van der Waals surface area contributed by atoms with E-state index in [4.69, 9.17) is 9.52 Å². The van der Waals surface area contributed by atoms with Gasteiger partial charge in [0, 0.05) is 19.7 Å². The number of alkyl halides is 2. The van der Waals surface area contributed by atoms with Crippen LogP contribution < -0.4 is 0 Å². The maximum absolute atomic E-state index is 12.0. The molecule has 108 valence electrons. The fourth-order valence-electron chi connectivity index (χ4n) is 1.54. The molecule has 1 heterocycles. The lowest BCUT2D eigenvalue weighted by atomic mass is 10.3. The molecule has 0 fully saturated rings. The first-order valence-electron chi connectivity index (χ1n) is 5.97. The van der Waals surface area contributed by atoms with E-state index in [1.54, 1.807) is 4.90 Å². The number of nitrogens with zero attached hydrogens (tertiary/aromatic N) is 1. The maximum atomic E-state index is 12.0. The van der Waals surface area contributed by atoms with Gasteiger partial charge in [0.15, 0.2) is 5.76 Å². The van der Waals surface area contributed by atoms with Crippen LogP contribution in [-0.2, 0) is 5.75 Å². The van der Waals surface area contributed by atoms with Crippen LogP contribution in [0.5, 0.6) is 0 Å². The van der Waals surface area contributed by atoms with Crippen LogP contribution in [0.1, 0.15) is 29.7 Å². The molecule has 1 aromatic rings. The van der Waals surface area contributed by atoms with Crippen LogP contribution in [0, 0.1) is 0 Å². The standard InChI is InChI=1S/C12H17F2NO3S/c1-2-15(6-3-7-16)11(17)10-5-4-9(18-10)8-19-12(13)14/h4-5,12,16H,2-3,6-8H2,1H3. The molecule has 0 bridgehead atoms. The number of aliphatic hydroxyl groups is 1. The molecule has 0 aliphatic carbocycles. The van der Waals surface area contributed by atoms with Crippen molar-refractivity contribution in [2.24, 2.45) is 0 Å². The lowest BCUT2D eigenvalue weighted by Gasteiger charge is -2.18. The molecular formula is C12H17F2NO3S. The number of rotatable bonds is 8. The number of carbonyl (C=O) groups excluding carboxylic acids is 1. The third kappa shape index (κ3) is 5.20. The van der Waals surface area contributed by atoms with Gasteiger partial charge in [-0.2, -0.15) is 8.78 Å². The van der Waals surface area contributed by atoms with Crippen LogP contribution in [0.2, 0.25) is 0 Å². The van der Waals surface area contributed by atoms with Crippen LogP contribution in [0.3, 0.4) is 0 Å². The first-order valence-corrected chi connectivity index (χ1v) is 7.02. The van der Waals surface area contributed by atoms with Crippen molar-refractivity contribution < 1.29 is 23.1 Å². The summed E-state index contributed by atoms with van der Waals surface area (Å²) in [7, 11) is 0. The van der Waals surface area contributed by atoms with Crippen molar-refractivity contribution in [1.29, 1.82) is 0 Å². The normalized spacial score (nSPS) is 11.0. The van der Waals surface area contributed by atoms with E-state index in [9.17, 15) is 13.6 Å². The second kappa shape index (κ2) is 8.16. The van der Waals surface area contributed by atoms with Crippen LogP contribution in [0.15, 0.2) is 16.5 Å². The minimum absolute atomic E-state index is 0.0121. The van der Waals surface area contributed by atoms with Crippen molar-refractivity contribution in [1.82, 2.24) is 4.90 Å². The van der Waals surface area contributed by atoms with Gasteiger partial charge in [-0.05, 0) is 25.5 Å². The molecule has 19 heavy (non-hydrogen) atoms. The Morgan fingerprint density at radius 3 is 2.84 bits per heavy atom. The monoisotopic (exact) mass is 293 g/mol. The second-order valence-electron chi connectivity index (χ2n) is 3.80. The summed E-state index contributed by atoms with van der Waals surface area (Å²) in [5.41, 5.74) is 0. The van der Waals surface area contributed by atoms with E-state index in [1.807, 2.05) is 6.92 Å². The first kappa shape index (κ1) is 16.0. The topological polar surface area (TPSA) is 53.7 Å². The molecule has 0 atom stereocenters. The predicted octanol–water partition coefficient (Wildman–Crippen LogP) is 2.58. The highest BCUT2D eigenvalue weighted by Gasteiger charge is 2.18. The molecule has 1 rings (SSSR count). The summed E-state index contributed by atoms with van der Waals surface area (Å²) < 4.78 is 29.3. The van der Waals surface area contributed by atoms with Crippen LogP contribution in [0.4, 0.5) is 8.78 Å². The summed E-state index contributed by atoms with van der Waals surface area (Å²) in [5, 5.41) is 8.75. The molecular weight excluding hydrogens is 276 g/mol. The zero-order chi connectivity index (χ0) is 14.3. The summed E-state index contributed by atoms with van der Waals surface area (Å²) in [6, 6.07) is 3.02. The number of thioether (sulfide) groups is 1. The van der Waals surface area contributed by atoms with Crippen LogP contribution >= 0.6 is 11.8 Å². The SMILES string of the molecule is CCN(CCCO)C(=O)c1ccc(CSC(F)F)o1. The van der Waals surface area contributed by atoms with Crippen molar-refractivity contribution in [3.8, 4) is 0 Å². The molecule has 0 aromatic carbocycles. The van der Waals surface area contributed by atoms with Crippen molar-refractivity contribution in [2.75, 3.05) is 19.7 Å². The van der Waals surface area contributed by atoms with Gasteiger partial charge in [0.2, 0.25) is 0 Å². The molecule has 0 spiro atoms. The fourth-order valence-corrected chi connectivity index (χ4v) is 1.98. The van der Waals surface area contributed by atoms with Gasteiger partial charge in [-0.25, -0.2) is 0 Å². The van der Waals surface area contributed by atoms with Gasteiger partial charge in [-0.3, -0.25) is 4.79 Å². The number of amides is 1. The minimum Gasteiger partial charge on any atom is -0.455 e. The average molecular weight is 293 g/mol. The van der Waals surface area contributed by atoms with E-state index in [1.165, 1.54) is 12.1 Å². The number of halogens is 2. The Balaban J connectivity index is 2.60. The van der Waals surface area contributed by atoms with E-state index >= 15 is 0 Å². The Hall–Kier alpha value is -1.08. The summed E-state index contributed by atoms with van der Waals surface area (Å²) in [6.45, 7) is 2.78. The molecule has 0 aliphatic rings. The van der Waals surface area contributed by atoms with E-state index in [0.29, 0.717) is 37.0 Å². The van der Waals surface area contributed by atoms with Gasteiger partial charge in [0.05, 0.1) is 5.75 Å². The first-order chi connectivity index (χ1) is 9.08. The highest BCUT2D eigenvalue weighted by Crippen LogP contribution is 2.21. The molecule has 0 aliphatic heterocycles. The summed E-state index contributed by atoms with van der Waals surface area (Å²) in [5.74, 6) is -2.21. The Bertz CT molecular complexity index is 398. The third-order valence-electron chi connectivity index (χ3n) is 2.48. The number of hydrogen-bond acceptors (Lipinski definition) is 4. The average Bonchev–Trinajstić information content (AvgIpc) is 2.85. The van der Waals surface area contributed by atoms with Crippen LogP contribution in [0.25, 0.3) is 0 Å². The fraction of sp³-hybridized carbons (Fsp3) is 0.583. The molecule has 0 saturated carbocycles. The summed E-state index contributed by atoms with van der Waals surface area (Å²) >= 11 is 0.452. The van der Waals surface area contributed by atoms with Gasteiger partial charge in [0.1, 0.15) is 5.76 Å². The Morgan fingerprint density at radius 2 is 2.26 bits per heavy atom. The zero-order valence-electron chi connectivity index (χ0n) is 10.6. The van der Waals surface area contributed by atoms with Crippen molar-refractivity contribution in [3.63, 3.8) is 0 Å². The largest absolute Gasteiger partial charge is 0.455 e. The van der Waals surface area contributed by atoms with Crippen LogP contribution in [-0.4, -0.2) is 41.4 Å². The Kier molecular flexibility index (Phi) is 6.86. The molecule has 0 saturated heterocycles. The van der Waals surface area contributed by atoms with Gasteiger partial charge in [0.25, 0.3) is 11.7 Å².